The minimum atomic E-state index is -0.520. The fourth-order valence-electron chi connectivity index (χ4n) is 2.49. The number of carbonyl (C=O) groups excluding carboxylic acids is 2. The van der Waals surface area contributed by atoms with Crippen LogP contribution in [0.5, 0.6) is 11.5 Å². The molecule has 1 heterocycles. The Morgan fingerprint density at radius 2 is 1.88 bits per heavy atom. The lowest BCUT2D eigenvalue weighted by Crippen LogP contribution is -2.30. The molecule has 0 bridgehead atoms. The number of methoxy groups -OCH3 is 1. The lowest BCUT2D eigenvalue weighted by atomic mass is 10.1. The van der Waals surface area contributed by atoms with E-state index in [1.165, 1.54) is 25.3 Å². The molecule has 1 saturated heterocycles. The summed E-state index contributed by atoms with van der Waals surface area (Å²) >= 11 is 11.8. The number of hydrogen-bond acceptors (Lipinski definition) is 4. The summed E-state index contributed by atoms with van der Waals surface area (Å²) < 4.78 is 5.03. The van der Waals surface area contributed by atoms with E-state index in [9.17, 15) is 14.7 Å². The largest absolute Gasteiger partial charge is 0.503 e. The molecule has 2 aromatic rings. The van der Waals surface area contributed by atoms with E-state index in [0.29, 0.717) is 10.6 Å². The SMILES string of the molecule is COc1cc(C=C2NC(=O)N(Cc3ccc(Cl)cc3)C2=O)cc(Cl)c1O. The summed E-state index contributed by atoms with van der Waals surface area (Å²) in [5, 5.41) is 13.0. The van der Waals surface area contributed by atoms with Crippen LogP contribution in [0.2, 0.25) is 10.0 Å². The van der Waals surface area contributed by atoms with E-state index in [-0.39, 0.29) is 28.8 Å². The summed E-state index contributed by atoms with van der Waals surface area (Å²) in [4.78, 5) is 25.8. The Kier molecular flexibility index (Phi) is 5.06. The van der Waals surface area contributed by atoms with Gasteiger partial charge in [-0.3, -0.25) is 9.69 Å². The zero-order valence-electron chi connectivity index (χ0n) is 13.6. The third kappa shape index (κ3) is 3.61. The molecule has 0 aliphatic carbocycles. The molecule has 0 spiro atoms. The van der Waals surface area contributed by atoms with E-state index < -0.39 is 11.9 Å². The molecule has 2 aromatic carbocycles. The van der Waals surface area contributed by atoms with Gasteiger partial charge in [-0.15, -0.1) is 0 Å². The highest BCUT2D eigenvalue weighted by Crippen LogP contribution is 2.35. The highest BCUT2D eigenvalue weighted by atomic mass is 35.5. The molecule has 0 atom stereocenters. The van der Waals surface area contributed by atoms with Gasteiger partial charge in [-0.2, -0.15) is 0 Å². The highest BCUT2D eigenvalue weighted by molar-refractivity contribution is 6.32. The average molecular weight is 393 g/mol. The molecule has 3 amide bonds. The normalized spacial score (nSPS) is 15.5. The number of phenols is 1. The second-order valence-electron chi connectivity index (χ2n) is 5.56. The van der Waals surface area contributed by atoms with Gasteiger partial charge in [-0.05, 0) is 41.5 Å². The molecule has 1 aliphatic rings. The number of benzene rings is 2. The summed E-state index contributed by atoms with van der Waals surface area (Å²) in [7, 11) is 1.39. The topological polar surface area (TPSA) is 78.9 Å². The number of amides is 3. The van der Waals surface area contributed by atoms with Crippen molar-refractivity contribution in [2.24, 2.45) is 0 Å². The minimum Gasteiger partial charge on any atom is -0.503 e. The summed E-state index contributed by atoms with van der Waals surface area (Å²) in [6, 6.07) is 9.33. The van der Waals surface area contributed by atoms with Crippen molar-refractivity contribution in [3.05, 3.63) is 63.3 Å². The van der Waals surface area contributed by atoms with E-state index >= 15 is 0 Å². The van der Waals surface area contributed by atoms with Crippen LogP contribution >= 0.6 is 23.2 Å². The average Bonchev–Trinajstić information content (AvgIpc) is 2.87. The highest BCUT2D eigenvalue weighted by Gasteiger charge is 2.33. The minimum absolute atomic E-state index is 0.0750. The first-order chi connectivity index (χ1) is 12.4. The van der Waals surface area contributed by atoms with E-state index in [4.69, 9.17) is 27.9 Å². The number of halogens is 2. The summed E-state index contributed by atoms with van der Waals surface area (Å²) in [5.41, 5.74) is 1.38. The van der Waals surface area contributed by atoms with Gasteiger partial charge in [0.05, 0.1) is 18.7 Å². The first-order valence-corrected chi connectivity index (χ1v) is 8.30. The van der Waals surface area contributed by atoms with Crippen molar-refractivity contribution in [3.8, 4) is 11.5 Å². The number of nitrogens with zero attached hydrogens (tertiary/aromatic N) is 1. The molecule has 1 aliphatic heterocycles. The monoisotopic (exact) mass is 392 g/mol. The van der Waals surface area contributed by atoms with Crippen LogP contribution in [0.1, 0.15) is 11.1 Å². The first kappa shape index (κ1) is 18.1. The summed E-state index contributed by atoms with van der Waals surface area (Å²) in [6.45, 7) is 0.124. The van der Waals surface area contributed by atoms with Crippen molar-refractivity contribution in [3.63, 3.8) is 0 Å². The Morgan fingerprint density at radius 3 is 2.54 bits per heavy atom. The number of urea groups is 1. The first-order valence-electron chi connectivity index (χ1n) is 7.54. The maximum Gasteiger partial charge on any atom is 0.329 e. The van der Waals surface area contributed by atoms with Gasteiger partial charge in [0.25, 0.3) is 5.91 Å². The number of ether oxygens (including phenoxy) is 1. The van der Waals surface area contributed by atoms with Crippen molar-refractivity contribution in [2.45, 2.75) is 6.54 Å². The third-order valence-electron chi connectivity index (χ3n) is 3.80. The van der Waals surface area contributed by atoms with Crippen molar-refractivity contribution in [1.82, 2.24) is 10.2 Å². The van der Waals surface area contributed by atoms with Crippen LogP contribution in [0.3, 0.4) is 0 Å². The Bertz CT molecular complexity index is 910. The van der Waals surface area contributed by atoms with Gasteiger partial charge < -0.3 is 15.2 Å². The fraction of sp³-hybridized carbons (Fsp3) is 0.111. The molecule has 1 fully saturated rings. The quantitative estimate of drug-likeness (QED) is 0.612. The molecule has 0 unspecified atom stereocenters. The molecule has 134 valence electrons. The van der Waals surface area contributed by atoms with E-state index in [0.717, 1.165) is 10.5 Å². The number of nitrogens with one attached hydrogen (secondary N) is 1. The van der Waals surface area contributed by atoms with E-state index in [2.05, 4.69) is 5.32 Å². The summed E-state index contributed by atoms with van der Waals surface area (Å²) in [6.07, 6.45) is 1.47. The Balaban J connectivity index is 1.85. The fourth-order valence-corrected chi connectivity index (χ4v) is 2.83. The van der Waals surface area contributed by atoms with E-state index in [1.807, 2.05) is 0 Å². The molecule has 26 heavy (non-hydrogen) atoms. The number of phenolic OH excluding ortho intramolecular Hbond substituents is 1. The summed E-state index contributed by atoms with van der Waals surface area (Å²) in [5.74, 6) is -0.491. The second kappa shape index (κ2) is 7.27. The third-order valence-corrected chi connectivity index (χ3v) is 4.34. The van der Waals surface area contributed by atoms with Crippen LogP contribution < -0.4 is 10.1 Å². The van der Waals surface area contributed by atoms with Crippen molar-refractivity contribution in [2.75, 3.05) is 7.11 Å². The van der Waals surface area contributed by atoms with Crippen LogP contribution in [0.25, 0.3) is 6.08 Å². The number of rotatable bonds is 4. The van der Waals surface area contributed by atoms with Crippen LogP contribution in [-0.4, -0.2) is 29.1 Å². The van der Waals surface area contributed by atoms with Gasteiger partial charge >= 0.3 is 6.03 Å². The van der Waals surface area contributed by atoms with Crippen molar-refractivity contribution < 1.29 is 19.4 Å². The Labute approximate surface area is 159 Å². The Hall–Kier alpha value is -2.70. The molecule has 3 rings (SSSR count). The number of carbonyl (C=O) groups is 2. The van der Waals surface area contributed by atoms with Gasteiger partial charge in [-0.25, -0.2) is 4.79 Å². The van der Waals surface area contributed by atoms with Gasteiger partial charge in [0.15, 0.2) is 11.5 Å². The Morgan fingerprint density at radius 1 is 1.19 bits per heavy atom. The molecule has 8 heteroatoms. The van der Waals surface area contributed by atoms with Gasteiger partial charge in [-0.1, -0.05) is 35.3 Å². The molecule has 2 N–H and O–H groups in total. The molecule has 6 nitrogen and oxygen atoms in total. The molecular weight excluding hydrogens is 379 g/mol. The van der Waals surface area contributed by atoms with Crippen molar-refractivity contribution in [1.29, 1.82) is 0 Å². The molecular formula is C18H14Cl2N2O4. The number of imide groups is 1. The molecule has 0 aromatic heterocycles. The zero-order valence-corrected chi connectivity index (χ0v) is 15.1. The van der Waals surface area contributed by atoms with Crippen molar-refractivity contribution >= 4 is 41.2 Å². The van der Waals surface area contributed by atoms with Crippen LogP contribution in [0.4, 0.5) is 4.79 Å². The zero-order chi connectivity index (χ0) is 18.8. The van der Waals surface area contributed by atoms with E-state index in [1.54, 1.807) is 24.3 Å². The van der Waals surface area contributed by atoms with Crippen LogP contribution in [-0.2, 0) is 11.3 Å². The number of hydrogen-bond donors (Lipinski definition) is 2. The molecule has 0 saturated carbocycles. The lowest BCUT2D eigenvalue weighted by molar-refractivity contribution is -0.123. The lowest BCUT2D eigenvalue weighted by Gasteiger charge is -2.11. The standard InChI is InChI=1S/C18H14Cl2N2O4/c1-26-15-8-11(6-13(20)16(15)23)7-14-17(24)22(18(25)21-14)9-10-2-4-12(19)5-3-10/h2-8,23H,9H2,1H3,(H,21,25). The maximum atomic E-state index is 12.5. The second-order valence-corrected chi connectivity index (χ2v) is 6.40. The predicted octanol–water partition coefficient (Wildman–Crippen LogP) is 3.80. The predicted molar refractivity (Wildman–Crippen MR) is 98.2 cm³/mol. The van der Waals surface area contributed by atoms with Crippen LogP contribution in [0.15, 0.2) is 42.1 Å². The molecule has 0 radical (unpaired) electrons. The van der Waals surface area contributed by atoms with Crippen LogP contribution in [0, 0.1) is 0 Å². The maximum absolute atomic E-state index is 12.5. The van der Waals surface area contributed by atoms with Gasteiger partial charge in [0.1, 0.15) is 5.70 Å². The number of aromatic hydroxyl groups is 1. The van der Waals surface area contributed by atoms with Gasteiger partial charge in [0.2, 0.25) is 0 Å². The smallest absolute Gasteiger partial charge is 0.329 e. The van der Waals surface area contributed by atoms with Gasteiger partial charge in [0, 0.05) is 5.02 Å².